The standard InChI is InChI=1S/C70H43N5S/c1-5-17-43(18-6-1)68-71-69(44-19-7-2-8-20-44)73-70(72-68)57-41-45(46-30-35-56-63(42-46)76-62-38-37-61-66(67(56)62)55-26-14-16-28-59(55)75(61)51-23-11-4-12-24-51)29-33-52(57)47-31-34-53-49(39-47)40-48-32-36-60-65(64(48)53)54-25-13-15-27-58(54)74(60)50-21-9-3-10-22-50/h1-39,41-42H,40H2. The monoisotopic (exact) mass is 985 g/mol. The SMILES string of the molecule is c1ccc(-c2nc(-c3ccccc3)nc(-c3cc(-c4ccc5c(c4)sc4ccc6c(c7ccccc7n6-c6ccccc6)c45)ccc3-c3ccc4c(c3)Cc3ccc5c(c3-4)c3ccccc3n5-c3ccccc3)n2)cc1. The van der Waals surface area contributed by atoms with Crippen LogP contribution in [0.3, 0.4) is 0 Å². The van der Waals surface area contributed by atoms with Crippen LogP contribution in [0.2, 0.25) is 0 Å². The van der Waals surface area contributed by atoms with E-state index < -0.39 is 0 Å². The average molecular weight is 986 g/mol. The van der Waals surface area contributed by atoms with Crippen molar-refractivity contribution in [3.63, 3.8) is 0 Å². The van der Waals surface area contributed by atoms with Gasteiger partial charge in [-0.2, -0.15) is 0 Å². The molecule has 0 unspecified atom stereocenters. The van der Waals surface area contributed by atoms with Gasteiger partial charge < -0.3 is 9.13 Å². The summed E-state index contributed by atoms with van der Waals surface area (Å²) in [4.78, 5) is 15.8. The lowest BCUT2D eigenvalue weighted by Gasteiger charge is -2.15. The third kappa shape index (κ3) is 6.61. The molecule has 5 nitrogen and oxygen atoms in total. The minimum atomic E-state index is 0.629. The van der Waals surface area contributed by atoms with Gasteiger partial charge in [0, 0.05) is 69.8 Å². The van der Waals surface area contributed by atoms with Gasteiger partial charge in [0.05, 0.1) is 22.1 Å². The molecule has 15 aromatic rings. The van der Waals surface area contributed by atoms with E-state index in [9.17, 15) is 0 Å². The zero-order valence-corrected chi connectivity index (χ0v) is 41.8. The van der Waals surface area contributed by atoms with Crippen LogP contribution in [0.1, 0.15) is 11.1 Å². The van der Waals surface area contributed by atoms with E-state index >= 15 is 0 Å². The third-order valence-corrected chi connectivity index (χ3v) is 16.7. The number of rotatable bonds is 7. The molecule has 0 spiro atoms. The first-order valence-electron chi connectivity index (χ1n) is 25.9. The fourth-order valence-electron chi connectivity index (χ4n) is 12.2. The first-order chi connectivity index (χ1) is 37.7. The fraction of sp³-hybridized carbons (Fsp3) is 0.0143. The lowest BCUT2D eigenvalue weighted by Crippen LogP contribution is -2.01. The smallest absolute Gasteiger partial charge is 0.164 e. The molecule has 0 amide bonds. The van der Waals surface area contributed by atoms with Crippen LogP contribution in [0.4, 0.5) is 0 Å². The molecule has 0 fully saturated rings. The Morgan fingerprint density at radius 1 is 0.303 bits per heavy atom. The molecule has 354 valence electrons. The number of thiophene rings is 1. The Labute approximate surface area is 441 Å². The summed E-state index contributed by atoms with van der Waals surface area (Å²) in [6, 6.07) is 89.8. The van der Waals surface area contributed by atoms with Gasteiger partial charge >= 0.3 is 0 Å². The maximum Gasteiger partial charge on any atom is 0.164 e. The first-order valence-corrected chi connectivity index (χ1v) is 26.7. The van der Waals surface area contributed by atoms with E-state index in [-0.39, 0.29) is 0 Å². The molecular weight excluding hydrogens is 943 g/mol. The van der Waals surface area contributed by atoms with Crippen LogP contribution in [0.15, 0.2) is 249 Å². The van der Waals surface area contributed by atoms with Crippen LogP contribution in [-0.2, 0) is 6.42 Å². The van der Waals surface area contributed by atoms with Gasteiger partial charge in [0.15, 0.2) is 17.5 Å². The van der Waals surface area contributed by atoms with E-state index in [0.29, 0.717) is 17.5 Å². The molecule has 0 saturated carbocycles. The summed E-state index contributed by atoms with van der Waals surface area (Å²) >= 11 is 1.86. The zero-order chi connectivity index (χ0) is 49.8. The fourth-order valence-corrected chi connectivity index (χ4v) is 13.4. The van der Waals surface area contributed by atoms with Crippen LogP contribution < -0.4 is 0 Å². The molecule has 11 aromatic carbocycles. The number of aromatic nitrogens is 5. The first kappa shape index (κ1) is 42.7. The Kier molecular flexibility index (Phi) is 9.50. The Morgan fingerprint density at radius 3 is 1.50 bits per heavy atom. The van der Waals surface area contributed by atoms with Crippen LogP contribution in [0.5, 0.6) is 0 Å². The van der Waals surface area contributed by atoms with Gasteiger partial charge in [-0.25, -0.2) is 15.0 Å². The maximum atomic E-state index is 5.35. The van der Waals surface area contributed by atoms with Crippen molar-refractivity contribution in [1.82, 2.24) is 24.1 Å². The van der Waals surface area contributed by atoms with Crippen LogP contribution in [-0.4, -0.2) is 24.1 Å². The van der Waals surface area contributed by atoms with Gasteiger partial charge in [-0.15, -0.1) is 11.3 Å². The summed E-state index contributed by atoms with van der Waals surface area (Å²) in [5.41, 5.74) is 19.7. The maximum absolute atomic E-state index is 5.35. The lowest BCUT2D eigenvalue weighted by atomic mass is 9.92. The normalized spacial score (nSPS) is 12.2. The highest BCUT2D eigenvalue weighted by molar-refractivity contribution is 7.26. The molecule has 16 rings (SSSR count). The molecule has 0 bridgehead atoms. The summed E-state index contributed by atoms with van der Waals surface area (Å²) in [6.07, 6.45) is 0.850. The molecule has 0 atom stereocenters. The summed E-state index contributed by atoms with van der Waals surface area (Å²) < 4.78 is 7.35. The van der Waals surface area contributed by atoms with Crippen LogP contribution in [0, 0.1) is 0 Å². The molecule has 1 aliphatic carbocycles. The molecular formula is C70H43N5S. The molecule has 0 N–H and O–H groups in total. The number of fused-ring (bicyclic) bond motifs is 14. The van der Waals surface area contributed by atoms with Gasteiger partial charge in [-0.05, 0) is 118 Å². The average Bonchev–Trinajstić information content (AvgIpc) is 4.25. The van der Waals surface area contributed by atoms with Crippen LogP contribution >= 0.6 is 11.3 Å². The second kappa shape index (κ2) is 16.9. The largest absolute Gasteiger partial charge is 0.309 e. The highest BCUT2D eigenvalue weighted by Crippen LogP contribution is 2.49. The van der Waals surface area contributed by atoms with E-state index in [0.717, 1.165) is 56.7 Å². The van der Waals surface area contributed by atoms with Crippen molar-refractivity contribution in [2.75, 3.05) is 0 Å². The second-order valence-electron chi connectivity index (χ2n) is 19.9. The minimum absolute atomic E-state index is 0.629. The van der Waals surface area contributed by atoms with Crippen molar-refractivity contribution in [3.05, 3.63) is 260 Å². The van der Waals surface area contributed by atoms with E-state index in [1.54, 1.807) is 0 Å². The van der Waals surface area contributed by atoms with Crippen molar-refractivity contribution in [3.8, 4) is 78.9 Å². The molecule has 6 heteroatoms. The Morgan fingerprint density at radius 2 is 0.829 bits per heavy atom. The topological polar surface area (TPSA) is 48.5 Å². The summed E-state index contributed by atoms with van der Waals surface area (Å²) in [5, 5.41) is 7.70. The number of para-hydroxylation sites is 4. The molecule has 76 heavy (non-hydrogen) atoms. The van der Waals surface area contributed by atoms with Crippen molar-refractivity contribution in [2.24, 2.45) is 0 Å². The van der Waals surface area contributed by atoms with Crippen LogP contribution in [0.25, 0.3) is 143 Å². The number of benzene rings is 11. The van der Waals surface area contributed by atoms with E-state index in [1.165, 1.54) is 86.0 Å². The van der Waals surface area contributed by atoms with Gasteiger partial charge in [0.25, 0.3) is 0 Å². The molecule has 0 aliphatic heterocycles. The zero-order valence-electron chi connectivity index (χ0n) is 41.0. The highest BCUT2D eigenvalue weighted by atomic mass is 32.1. The van der Waals surface area contributed by atoms with E-state index in [4.69, 9.17) is 15.0 Å². The summed E-state index contributed by atoms with van der Waals surface area (Å²) in [5.74, 6) is 1.90. The van der Waals surface area contributed by atoms with Crippen molar-refractivity contribution in [1.29, 1.82) is 0 Å². The summed E-state index contributed by atoms with van der Waals surface area (Å²) in [6.45, 7) is 0. The molecule has 0 saturated heterocycles. The number of hydrogen-bond acceptors (Lipinski definition) is 4. The van der Waals surface area contributed by atoms with Gasteiger partial charge in [-0.1, -0.05) is 182 Å². The van der Waals surface area contributed by atoms with Crippen molar-refractivity contribution < 1.29 is 0 Å². The van der Waals surface area contributed by atoms with Crippen molar-refractivity contribution >= 4 is 75.1 Å². The van der Waals surface area contributed by atoms with Crippen molar-refractivity contribution in [2.45, 2.75) is 6.42 Å². The van der Waals surface area contributed by atoms with Gasteiger partial charge in [0.2, 0.25) is 0 Å². The van der Waals surface area contributed by atoms with Gasteiger partial charge in [-0.3, -0.25) is 0 Å². The number of hydrogen-bond donors (Lipinski definition) is 0. The molecule has 0 radical (unpaired) electrons. The van der Waals surface area contributed by atoms with E-state index in [2.05, 4.69) is 221 Å². The predicted molar refractivity (Wildman–Crippen MR) is 317 cm³/mol. The second-order valence-corrected chi connectivity index (χ2v) is 20.9. The molecule has 4 heterocycles. The van der Waals surface area contributed by atoms with Gasteiger partial charge in [0.1, 0.15) is 0 Å². The Hall–Kier alpha value is -9.75. The number of nitrogens with zero attached hydrogens (tertiary/aromatic N) is 5. The Balaban J connectivity index is 0.879. The lowest BCUT2D eigenvalue weighted by molar-refractivity contribution is 1.07. The Bertz CT molecular complexity index is 4760. The highest BCUT2D eigenvalue weighted by Gasteiger charge is 2.27. The minimum Gasteiger partial charge on any atom is -0.309 e. The molecule has 1 aliphatic rings. The predicted octanol–water partition coefficient (Wildman–Crippen LogP) is 18.3. The summed E-state index contributed by atoms with van der Waals surface area (Å²) in [7, 11) is 0. The third-order valence-electron chi connectivity index (χ3n) is 15.6. The van der Waals surface area contributed by atoms with E-state index in [1.807, 2.05) is 47.7 Å². The quantitative estimate of drug-likeness (QED) is 0.160. The molecule has 4 aromatic heterocycles.